The molecular formula is C19H17ClN2O3. The fourth-order valence-electron chi connectivity index (χ4n) is 2.85. The van der Waals surface area contributed by atoms with Crippen molar-refractivity contribution in [3.05, 3.63) is 69.7 Å². The van der Waals surface area contributed by atoms with Gasteiger partial charge in [0.1, 0.15) is 0 Å². The molecule has 6 heteroatoms. The molecule has 0 saturated heterocycles. The van der Waals surface area contributed by atoms with Crippen molar-refractivity contribution in [1.29, 1.82) is 0 Å². The van der Waals surface area contributed by atoms with Crippen molar-refractivity contribution in [2.24, 2.45) is 0 Å². The first-order chi connectivity index (χ1) is 12.0. The predicted molar refractivity (Wildman–Crippen MR) is 94.7 cm³/mol. The summed E-state index contributed by atoms with van der Waals surface area (Å²) in [4.78, 5) is 37.8. The molecular weight excluding hydrogens is 340 g/mol. The molecule has 0 saturated carbocycles. The van der Waals surface area contributed by atoms with E-state index in [1.807, 2.05) is 31.2 Å². The largest absolute Gasteiger partial charge is 0.354 e. The summed E-state index contributed by atoms with van der Waals surface area (Å²) >= 11 is 6.02. The lowest BCUT2D eigenvalue weighted by atomic mass is 10.1. The average Bonchev–Trinajstić information content (AvgIpc) is 2.83. The monoisotopic (exact) mass is 356 g/mol. The number of benzene rings is 2. The number of halogens is 1. The number of nitrogens with one attached hydrogen (secondary N) is 1. The number of carbonyl (C=O) groups excluding carboxylic acids is 3. The summed E-state index contributed by atoms with van der Waals surface area (Å²) in [5, 5.41) is 3.02. The van der Waals surface area contributed by atoms with Crippen molar-refractivity contribution in [2.75, 3.05) is 13.1 Å². The lowest BCUT2D eigenvalue weighted by molar-refractivity contribution is -0.120. The molecule has 3 rings (SSSR count). The summed E-state index contributed by atoms with van der Waals surface area (Å²) in [5.74, 6) is -0.946. The van der Waals surface area contributed by atoms with Crippen LogP contribution in [0.2, 0.25) is 5.02 Å². The topological polar surface area (TPSA) is 66.5 Å². The molecule has 0 spiro atoms. The van der Waals surface area contributed by atoms with E-state index in [-0.39, 0.29) is 41.9 Å². The molecule has 25 heavy (non-hydrogen) atoms. The maximum Gasteiger partial charge on any atom is 0.263 e. The molecule has 0 bridgehead atoms. The van der Waals surface area contributed by atoms with Gasteiger partial charge in [0.25, 0.3) is 11.8 Å². The molecule has 1 N–H and O–H groups in total. The molecule has 1 heterocycles. The number of carbonyl (C=O) groups is 3. The van der Waals surface area contributed by atoms with E-state index in [4.69, 9.17) is 11.6 Å². The van der Waals surface area contributed by atoms with Crippen LogP contribution < -0.4 is 5.32 Å². The van der Waals surface area contributed by atoms with E-state index in [0.717, 1.165) is 16.0 Å². The van der Waals surface area contributed by atoms with Crippen LogP contribution in [-0.4, -0.2) is 35.7 Å². The Morgan fingerprint density at radius 3 is 2.56 bits per heavy atom. The Morgan fingerprint density at radius 1 is 1.08 bits per heavy atom. The Bertz CT molecular complexity index is 863. The number of amides is 3. The number of fused-ring (bicyclic) bond motifs is 1. The molecule has 3 amide bonds. The van der Waals surface area contributed by atoms with Crippen LogP contribution in [0.15, 0.2) is 42.5 Å². The minimum absolute atomic E-state index is 0.113. The molecule has 0 aromatic heterocycles. The molecule has 1 aliphatic rings. The van der Waals surface area contributed by atoms with Crippen LogP contribution in [0.3, 0.4) is 0 Å². The highest BCUT2D eigenvalue weighted by atomic mass is 35.5. The number of hydrogen-bond donors (Lipinski definition) is 1. The molecule has 0 atom stereocenters. The zero-order valence-electron chi connectivity index (χ0n) is 13.7. The summed E-state index contributed by atoms with van der Waals surface area (Å²) < 4.78 is 0. The lowest BCUT2D eigenvalue weighted by Crippen LogP contribution is -2.38. The van der Waals surface area contributed by atoms with Gasteiger partial charge in [-0.2, -0.15) is 0 Å². The van der Waals surface area contributed by atoms with Gasteiger partial charge >= 0.3 is 0 Å². The number of hydrogen-bond acceptors (Lipinski definition) is 3. The van der Waals surface area contributed by atoms with Crippen molar-refractivity contribution >= 4 is 29.3 Å². The van der Waals surface area contributed by atoms with Crippen molar-refractivity contribution in [1.82, 2.24) is 10.2 Å². The van der Waals surface area contributed by atoms with Crippen LogP contribution in [0.25, 0.3) is 0 Å². The summed E-state index contributed by atoms with van der Waals surface area (Å²) in [6.07, 6.45) is 0.265. The second-order valence-electron chi connectivity index (χ2n) is 5.88. The van der Waals surface area contributed by atoms with E-state index in [1.165, 1.54) is 0 Å². The normalized spacial score (nSPS) is 13.1. The zero-order valence-corrected chi connectivity index (χ0v) is 14.5. The highest BCUT2D eigenvalue weighted by Crippen LogP contribution is 2.28. The average molecular weight is 357 g/mol. The highest BCUT2D eigenvalue weighted by molar-refractivity contribution is 6.37. The van der Waals surface area contributed by atoms with Gasteiger partial charge in [0.2, 0.25) is 5.91 Å². The first-order valence-electron chi connectivity index (χ1n) is 7.95. The van der Waals surface area contributed by atoms with E-state index < -0.39 is 5.91 Å². The number of aryl methyl sites for hydroxylation is 1. The summed E-state index contributed by atoms with van der Waals surface area (Å²) in [6, 6.07) is 12.5. The van der Waals surface area contributed by atoms with Gasteiger partial charge < -0.3 is 5.32 Å². The predicted octanol–water partition coefficient (Wildman–Crippen LogP) is 2.60. The SMILES string of the molecule is Cc1ccccc1CC(=O)NCCN1C(=O)c2cccc(Cl)c2C1=O. The third-order valence-electron chi connectivity index (χ3n) is 4.22. The van der Waals surface area contributed by atoms with Gasteiger partial charge in [0.15, 0.2) is 0 Å². The third-order valence-corrected chi connectivity index (χ3v) is 4.53. The maximum absolute atomic E-state index is 12.3. The van der Waals surface area contributed by atoms with Crippen molar-refractivity contribution < 1.29 is 14.4 Å². The fourth-order valence-corrected chi connectivity index (χ4v) is 3.10. The van der Waals surface area contributed by atoms with Crippen LogP contribution in [0.4, 0.5) is 0 Å². The quantitative estimate of drug-likeness (QED) is 0.837. The minimum atomic E-state index is -0.418. The van der Waals surface area contributed by atoms with Gasteiger partial charge in [-0.05, 0) is 30.2 Å². The highest BCUT2D eigenvalue weighted by Gasteiger charge is 2.36. The molecule has 1 aliphatic heterocycles. The summed E-state index contributed by atoms with van der Waals surface area (Å²) in [6.45, 7) is 2.27. The molecule has 5 nitrogen and oxygen atoms in total. The van der Waals surface area contributed by atoms with Gasteiger partial charge in [0, 0.05) is 13.1 Å². The van der Waals surface area contributed by atoms with Crippen LogP contribution in [-0.2, 0) is 11.2 Å². The Labute approximate surface area is 150 Å². The standard InChI is InChI=1S/C19H17ClN2O3/c1-12-5-2-3-6-13(12)11-16(23)21-9-10-22-18(24)14-7-4-8-15(20)17(14)19(22)25/h2-8H,9-11H2,1H3,(H,21,23). The summed E-state index contributed by atoms with van der Waals surface area (Å²) in [5.41, 5.74) is 2.55. The van der Waals surface area contributed by atoms with E-state index in [1.54, 1.807) is 18.2 Å². The fraction of sp³-hybridized carbons (Fsp3) is 0.211. The molecule has 2 aromatic rings. The molecule has 0 aliphatic carbocycles. The van der Waals surface area contributed by atoms with Crippen molar-refractivity contribution in [3.8, 4) is 0 Å². The smallest absolute Gasteiger partial charge is 0.263 e. The second kappa shape index (κ2) is 7.07. The number of rotatable bonds is 5. The minimum Gasteiger partial charge on any atom is -0.354 e. The third kappa shape index (κ3) is 3.42. The Balaban J connectivity index is 1.57. The van der Waals surface area contributed by atoms with Crippen LogP contribution in [0, 0.1) is 6.92 Å². The van der Waals surface area contributed by atoms with Crippen LogP contribution in [0.5, 0.6) is 0 Å². The Kier molecular flexibility index (Phi) is 4.86. The van der Waals surface area contributed by atoms with Gasteiger partial charge in [-0.25, -0.2) is 0 Å². The van der Waals surface area contributed by atoms with Crippen LogP contribution >= 0.6 is 11.6 Å². The van der Waals surface area contributed by atoms with Crippen molar-refractivity contribution in [2.45, 2.75) is 13.3 Å². The lowest BCUT2D eigenvalue weighted by Gasteiger charge is -2.14. The van der Waals surface area contributed by atoms with E-state index in [0.29, 0.717) is 5.56 Å². The van der Waals surface area contributed by atoms with E-state index in [9.17, 15) is 14.4 Å². The molecule has 2 aromatic carbocycles. The van der Waals surface area contributed by atoms with Crippen LogP contribution in [0.1, 0.15) is 31.8 Å². The van der Waals surface area contributed by atoms with Gasteiger partial charge in [-0.3, -0.25) is 19.3 Å². The van der Waals surface area contributed by atoms with Gasteiger partial charge in [-0.1, -0.05) is 41.9 Å². The zero-order chi connectivity index (χ0) is 18.0. The first-order valence-corrected chi connectivity index (χ1v) is 8.32. The van der Waals surface area contributed by atoms with Gasteiger partial charge in [0.05, 0.1) is 22.6 Å². The molecule has 0 radical (unpaired) electrons. The molecule has 0 unspecified atom stereocenters. The Morgan fingerprint density at radius 2 is 1.84 bits per heavy atom. The second-order valence-corrected chi connectivity index (χ2v) is 6.28. The van der Waals surface area contributed by atoms with Gasteiger partial charge in [-0.15, -0.1) is 0 Å². The molecule has 0 fully saturated rings. The number of imide groups is 1. The first kappa shape index (κ1) is 17.2. The Hall–Kier alpha value is -2.66. The number of nitrogens with zero attached hydrogens (tertiary/aromatic N) is 1. The maximum atomic E-state index is 12.3. The van der Waals surface area contributed by atoms with Crippen molar-refractivity contribution in [3.63, 3.8) is 0 Å². The van der Waals surface area contributed by atoms with E-state index in [2.05, 4.69) is 5.32 Å². The van der Waals surface area contributed by atoms with E-state index >= 15 is 0 Å². The molecule has 128 valence electrons. The summed E-state index contributed by atoms with van der Waals surface area (Å²) in [7, 11) is 0.